The maximum Gasteiger partial charge on any atom is 0.261 e. The maximum absolute atomic E-state index is 12.0. The SMILES string of the molecule is N=Nc1ccc(S(=O)(=O)Nc2ccccc2)cc1. The molecular weight excluding hydrogens is 250 g/mol. The molecule has 2 aromatic carbocycles. The summed E-state index contributed by atoms with van der Waals surface area (Å²) < 4.78 is 26.5. The second-order valence-corrected chi connectivity index (χ2v) is 5.26. The average Bonchev–Trinajstić information content (AvgIpc) is 2.39. The third-order valence-corrected chi connectivity index (χ3v) is 3.70. The Bertz CT molecular complexity index is 637. The van der Waals surface area contributed by atoms with Crippen LogP contribution in [0.15, 0.2) is 64.6 Å². The van der Waals surface area contributed by atoms with Crippen LogP contribution in [0.25, 0.3) is 0 Å². The third-order valence-electron chi connectivity index (χ3n) is 2.30. The highest BCUT2D eigenvalue weighted by Crippen LogP contribution is 2.19. The van der Waals surface area contributed by atoms with Gasteiger partial charge in [-0.3, -0.25) is 4.72 Å². The molecular formula is C12H11N3O2S. The first-order valence-corrected chi connectivity index (χ1v) is 6.65. The number of anilines is 1. The van der Waals surface area contributed by atoms with Crippen LogP contribution in [0, 0.1) is 5.53 Å². The van der Waals surface area contributed by atoms with Gasteiger partial charge in [0.2, 0.25) is 0 Å². The van der Waals surface area contributed by atoms with E-state index in [1.165, 1.54) is 24.3 Å². The lowest BCUT2D eigenvalue weighted by Gasteiger charge is -2.07. The summed E-state index contributed by atoms with van der Waals surface area (Å²) in [4.78, 5) is 0.138. The fraction of sp³-hybridized carbons (Fsp3) is 0. The monoisotopic (exact) mass is 261 g/mol. The fourth-order valence-electron chi connectivity index (χ4n) is 1.42. The van der Waals surface area contributed by atoms with Crippen molar-refractivity contribution in [1.29, 1.82) is 5.53 Å². The highest BCUT2D eigenvalue weighted by atomic mass is 32.2. The van der Waals surface area contributed by atoms with Crippen LogP contribution in [0.1, 0.15) is 0 Å². The lowest BCUT2D eigenvalue weighted by Crippen LogP contribution is -2.12. The summed E-state index contributed by atoms with van der Waals surface area (Å²) in [5.74, 6) is 0. The van der Waals surface area contributed by atoms with E-state index in [1.807, 2.05) is 6.07 Å². The summed E-state index contributed by atoms with van der Waals surface area (Å²) in [7, 11) is -3.59. The predicted molar refractivity (Wildman–Crippen MR) is 68.5 cm³/mol. The van der Waals surface area contributed by atoms with Gasteiger partial charge in [0.25, 0.3) is 10.0 Å². The zero-order valence-electron chi connectivity index (χ0n) is 9.37. The van der Waals surface area contributed by atoms with Crippen LogP contribution in [-0.4, -0.2) is 8.42 Å². The average molecular weight is 261 g/mol. The highest BCUT2D eigenvalue weighted by Gasteiger charge is 2.13. The maximum atomic E-state index is 12.0. The quantitative estimate of drug-likeness (QED) is 0.829. The fourth-order valence-corrected chi connectivity index (χ4v) is 2.48. The normalized spacial score (nSPS) is 10.9. The Morgan fingerprint density at radius 1 is 0.944 bits per heavy atom. The van der Waals surface area contributed by atoms with Gasteiger partial charge in [-0.25, -0.2) is 13.9 Å². The van der Waals surface area contributed by atoms with Crippen LogP contribution in [0.5, 0.6) is 0 Å². The summed E-state index contributed by atoms with van der Waals surface area (Å²) in [6.45, 7) is 0. The molecule has 5 nitrogen and oxygen atoms in total. The Labute approximate surface area is 105 Å². The Kier molecular flexibility index (Phi) is 3.38. The first-order chi connectivity index (χ1) is 8.62. The van der Waals surface area contributed by atoms with E-state index in [1.54, 1.807) is 24.3 Å². The Hall–Kier alpha value is -2.21. The smallest absolute Gasteiger partial charge is 0.261 e. The van der Waals surface area contributed by atoms with E-state index in [-0.39, 0.29) is 4.90 Å². The Balaban J connectivity index is 2.28. The molecule has 0 heterocycles. The zero-order chi connectivity index (χ0) is 13.0. The number of nitrogens with zero attached hydrogens (tertiary/aromatic N) is 1. The van der Waals surface area contributed by atoms with Crippen molar-refractivity contribution in [2.75, 3.05) is 4.72 Å². The molecule has 0 radical (unpaired) electrons. The van der Waals surface area contributed by atoms with Gasteiger partial charge in [-0.05, 0) is 36.4 Å². The number of benzene rings is 2. The van der Waals surface area contributed by atoms with Crippen molar-refractivity contribution in [3.63, 3.8) is 0 Å². The molecule has 0 fully saturated rings. The number of hydrogen-bond acceptors (Lipinski definition) is 4. The van der Waals surface area contributed by atoms with Gasteiger partial charge < -0.3 is 0 Å². The van der Waals surface area contributed by atoms with E-state index in [0.717, 1.165) is 0 Å². The van der Waals surface area contributed by atoms with Gasteiger partial charge in [0, 0.05) is 5.69 Å². The van der Waals surface area contributed by atoms with Crippen LogP contribution in [-0.2, 0) is 10.0 Å². The number of hydrogen-bond donors (Lipinski definition) is 2. The van der Waals surface area contributed by atoms with E-state index in [4.69, 9.17) is 5.53 Å². The molecule has 2 aromatic rings. The van der Waals surface area contributed by atoms with Crippen molar-refractivity contribution in [3.8, 4) is 0 Å². The minimum atomic E-state index is -3.59. The molecule has 0 aliphatic heterocycles. The Morgan fingerprint density at radius 3 is 2.11 bits per heavy atom. The standard InChI is InChI=1S/C12H11N3O2S/c13-14-10-6-8-12(9-7-10)18(16,17)15-11-4-2-1-3-5-11/h1-9,13,15H. The van der Waals surface area contributed by atoms with Gasteiger partial charge >= 0.3 is 0 Å². The second-order valence-electron chi connectivity index (χ2n) is 3.58. The molecule has 2 rings (SSSR count). The zero-order valence-corrected chi connectivity index (χ0v) is 10.2. The lowest BCUT2D eigenvalue weighted by molar-refractivity contribution is 0.601. The molecule has 0 saturated carbocycles. The molecule has 18 heavy (non-hydrogen) atoms. The van der Waals surface area contributed by atoms with Crippen molar-refractivity contribution in [2.24, 2.45) is 5.11 Å². The topological polar surface area (TPSA) is 82.4 Å². The van der Waals surface area contributed by atoms with E-state index in [9.17, 15) is 8.42 Å². The molecule has 0 amide bonds. The molecule has 0 unspecified atom stereocenters. The minimum absolute atomic E-state index is 0.138. The summed E-state index contributed by atoms with van der Waals surface area (Å²) in [6.07, 6.45) is 0. The van der Waals surface area contributed by atoms with Crippen LogP contribution in [0.3, 0.4) is 0 Å². The van der Waals surface area contributed by atoms with E-state index in [0.29, 0.717) is 11.4 Å². The van der Waals surface area contributed by atoms with Crippen LogP contribution in [0.2, 0.25) is 0 Å². The van der Waals surface area contributed by atoms with Gasteiger partial charge in [-0.2, -0.15) is 5.11 Å². The van der Waals surface area contributed by atoms with Gasteiger partial charge in [-0.15, -0.1) is 0 Å². The van der Waals surface area contributed by atoms with Crippen LogP contribution in [0.4, 0.5) is 11.4 Å². The largest absolute Gasteiger partial charge is 0.280 e. The van der Waals surface area contributed by atoms with Crippen LogP contribution < -0.4 is 4.72 Å². The van der Waals surface area contributed by atoms with E-state index >= 15 is 0 Å². The molecule has 0 aromatic heterocycles. The predicted octanol–water partition coefficient (Wildman–Crippen LogP) is 3.15. The molecule has 2 N–H and O–H groups in total. The Morgan fingerprint density at radius 2 is 1.56 bits per heavy atom. The van der Waals surface area contributed by atoms with Crippen molar-refractivity contribution < 1.29 is 8.42 Å². The summed E-state index contributed by atoms with van der Waals surface area (Å²) in [6, 6.07) is 14.4. The highest BCUT2D eigenvalue weighted by molar-refractivity contribution is 7.92. The van der Waals surface area contributed by atoms with Crippen molar-refractivity contribution in [1.82, 2.24) is 0 Å². The molecule has 0 aliphatic rings. The molecule has 0 saturated heterocycles. The van der Waals surface area contributed by atoms with Crippen molar-refractivity contribution in [3.05, 3.63) is 54.6 Å². The molecule has 6 heteroatoms. The number of sulfonamides is 1. The first kappa shape index (κ1) is 12.3. The van der Waals surface area contributed by atoms with Crippen LogP contribution >= 0.6 is 0 Å². The van der Waals surface area contributed by atoms with Gasteiger partial charge in [0.15, 0.2) is 0 Å². The van der Waals surface area contributed by atoms with Gasteiger partial charge in [0.05, 0.1) is 10.6 Å². The first-order valence-electron chi connectivity index (χ1n) is 5.17. The second kappa shape index (κ2) is 4.97. The number of para-hydroxylation sites is 1. The minimum Gasteiger partial charge on any atom is -0.280 e. The summed E-state index contributed by atoms with van der Waals surface area (Å²) in [5, 5.41) is 3.21. The van der Waals surface area contributed by atoms with E-state index in [2.05, 4.69) is 9.84 Å². The van der Waals surface area contributed by atoms with Gasteiger partial charge in [0.1, 0.15) is 0 Å². The molecule has 0 aliphatic carbocycles. The summed E-state index contributed by atoms with van der Waals surface area (Å²) >= 11 is 0. The molecule has 0 spiro atoms. The summed E-state index contributed by atoms with van der Waals surface area (Å²) in [5.41, 5.74) is 7.73. The number of nitrogens with one attached hydrogen (secondary N) is 2. The van der Waals surface area contributed by atoms with Crippen molar-refractivity contribution in [2.45, 2.75) is 4.90 Å². The van der Waals surface area contributed by atoms with Crippen molar-refractivity contribution >= 4 is 21.4 Å². The molecule has 0 bridgehead atoms. The van der Waals surface area contributed by atoms with E-state index < -0.39 is 10.0 Å². The number of rotatable bonds is 4. The lowest BCUT2D eigenvalue weighted by atomic mass is 10.3. The third kappa shape index (κ3) is 2.72. The molecule has 92 valence electrons. The van der Waals surface area contributed by atoms with Gasteiger partial charge in [-0.1, -0.05) is 18.2 Å². The molecule has 0 atom stereocenters.